The topological polar surface area (TPSA) is 102 Å². The Balaban J connectivity index is 0.000000343. The van der Waals surface area contributed by atoms with Crippen molar-refractivity contribution in [3.8, 4) is 11.1 Å². The first-order valence-corrected chi connectivity index (χ1v) is 9.03. The fraction of sp³-hybridized carbons (Fsp3) is 0.421. The lowest BCUT2D eigenvalue weighted by molar-refractivity contribution is -0.752. The highest BCUT2D eigenvalue weighted by molar-refractivity contribution is 5.75. The molecule has 1 aliphatic rings. The van der Waals surface area contributed by atoms with Crippen LogP contribution in [0.4, 0.5) is 13.2 Å². The van der Waals surface area contributed by atoms with E-state index in [2.05, 4.69) is 9.84 Å². The SMILES string of the molecule is COC(=O)C(F)(F)F.O=C(O)CC[n+]1ccc(-c2ccn(CC3CC3)c(=O)c2)cn1. The van der Waals surface area contributed by atoms with E-state index in [0.29, 0.717) is 19.6 Å². The van der Waals surface area contributed by atoms with Gasteiger partial charge in [-0.05, 0) is 35.5 Å². The van der Waals surface area contributed by atoms with Crippen LogP contribution in [0.15, 0.2) is 41.6 Å². The number of carbonyl (C=O) groups excluding carboxylic acids is 1. The molecule has 0 bridgehead atoms. The molecule has 0 unspecified atom stereocenters. The minimum atomic E-state index is -4.85. The average Bonchev–Trinajstić information content (AvgIpc) is 3.51. The Morgan fingerprint density at radius 2 is 2.00 bits per heavy atom. The summed E-state index contributed by atoms with van der Waals surface area (Å²) >= 11 is 0. The number of halogens is 3. The van der Waals surface area contributed by atoms with Gasteiger partial charge in [-0.2, -0.15) is 13.2 Å². The van der Waals surface area contributed by atoms with Crippen LogP contribution in [0.25, 0.3) is 11.1 Å². The molecular weight excluding hydrogens is 407 g/mol. The van der Waals surface area contributed by atoms with Gasteiger partial charge in [0.1, 0.15) is 12.6 Å². The van der Waals surface area contributed by atoms with Crippen molar-refractivity contribution in [2.45, 2.75) is 38.5 Å². The molecule has 0 radical (unpaired) electrons. The lowest BCUT2D eigenvalue weighted by Gasteiger charge is -2.05. The van der Waals surface area contributed by atoms with E-state index in [9.17, 15) is 27.6 Å². The molecule has 0 atom stereocenters. The van der Waals surface area contributed by atoms with Crippen LogP contribution in [-0.4, -0.2) is 40.0 Å². The predicted molar refractivity (Wildman–Crippen MR) is 97.2 cm³/mol. The Morgan fingerprint density at radius 1 is 1.30 bits per heavy atom. The minimum Gasteiger partial charge on any atom is -0.481 e. The number of alkyl halides is 3. The molecule has 1 aliphatic carbocycles. The highest BCUT2D eigenvalue weighted by Gasteiger charge is 2.40. The summed E-state index contributed by atoms with van der Waals surface area (Å²) in [5.74, 6) is -2.36. The van der Waals surface area contributed by atoms with Crippen LogP contribution in [0.2, 0.25) is 0 Å². The summed E-state index contributed by atoms with van der Waals surface area (Å²) in [6.45, 7) is 1.14. The third-order valence-electron chi connectivity index (χ3n) is 4.22. The molecule has 0 saturated heterocycles. The van der Waals surface area contributed by atoms with Gasteiger partial charge in [-0.15, -0.1) is 0 Å². The summed E-state index contributed by atoms with van der Waals surface area (Å²) in [5.41, 5.74) is 1.68. The molecule has 11 heteroatoms. The van der Waals surface area contributed by atoms with E-state index in [1.165, 1.54) is 12.8 Å². The van der Waals surface area contributed by atoms with Gasteiger partial charge < -0.3 is 14.4 Å². The fourth-order valence-electron chi connectivity index (χ4n) is 2.43. The molecule has 0 spiro atoms. The van der Waals surface area contributed by atoms with Crippen LogP contribution in [0, 0.1) is 5.92 Å². The fourth-order valence-corrected chi connectivity index (χ4v) is 2.43. The third kappa shape index (κ3) is 7.30. The number of carboxylic acid groups (broad SMARTS) is 1. The molecule has 0 aromatic carbocycles. The highest BCUT2D eigenvalue weighted by Crippen LogP contribution is 2.30. The van der Waals surface area contributed by atoms with Crippen molar-refractivity contribution in [2.24, 2.45) is 5.92 Å². The van der Waals surface area contributed by atoms with Gasteiger partial charge >= 0.3 is 18.1 Å². The maximum Gasteiger partial charge on any atom is 0.490 e. The number of ether oxygens (including phenoxy) is 1. The van der Waals surface area contributed by atoms with E-state index in [1.54, 1.807) is 27.7 Å². The van der Waals surface area contributed by atoms with Crippen molar-refractivity contribution in [1.29, 1.82) is 0 Å². The number of aliphatic carboxylic acids is 1. The quantitative estimate of drug-likeness (QED) is 0.556. The van der Waals surface area contributed by atoms with E-state index in [4.69, 9.17) is 5.11 Å². The van der Waals surface area contributed by atoms with Gasteiger partial charge in [0, 0.05) is 30.4 Å². The third-order valence-corrected chi connectivity index (χ3v) is 4.22. The number of carbonyl (C=O) groups is 2. The molecule has 0 amide bonds. The molecular formula is C19H21F3N3O5+. The molecule has 1 N–H and O–H groups in total. The molecule has 2 heterocycles. The van der Waals surface area contributed by atoms with E-state index < -0.39 is 18.1 Å². The maximum absolute atomic E-state index is 12.1. The Kier molecular flexibility index (Phi) is 7.67. The zero-order chi connectivity index (χ0) is 22.3. The number of esters is 1. The molecule has 2 aromatic rings. The van der Waals surface area contributed by atoms with Gasteiger partial charge in [-0.1, -0.05) is 4.68 Å². The van der Waals surface area contributed by atoms with E-state index in [0.717, 1.165) is 17.7 Å². The summed E-state index contributed by atoms with van der Waals surface area (Å²) in [7, 11) is 0.676. The number of hydrogen-bond donors (Lipinski definition) is 1. The second kappa shape index (κ2) is 9.99. The molecule has 2 aromatic heterocycles. The molecule has 3 rings (SSSR count). The number of methoxy groups -OCH3 is 1. The number of carboxylic acids is 1. The van der Waals surface area contributed by atoms with Crippen LogP contribution in [0.5, 0.6) is 0 Å². The first-order chi connectivity index (χ1) is 14.1. The van der Waals surface area contributed by atoms with Crippen molar-refractivity contribution < 1.29 is 37.3 Å². The van der Waals surface area contributed by atoms with Crippen molar-refractivity contribution in [3.63, 3.8) is 0 Å². The predicted octanol–water partition coefficient (Wildman–Crippen LogP) is 1.80. The zero-order valence-corrected chi connectivity index (χ0v) is 16.1. The number of nitrogens with zero attached hydrogens (tertiary/aromatic N) is 3. The number of hydrogen-bond acceptors (Lipinski definition) is 5. The van der Waals surface area contributed by atoms with E-state index >= 15 is 0 Å². The smallest absolute Gasteiger partial charge is 0.481 e. The molecule has 0 aliphatic heterocycles. The second-order valence-corrected chi connectivity index (χ2v) is 6.66. The van der Waals surface area contributed by atoms with Crippen LogP contribution < -0.4 is 10.2 Å². The van der Waals surface area contributed by atoms with Crippen LogP contribution in [0.1, 0.15) is 19.3 Å². The summed E-state index contributed by atoms with van der Waals surface area (Å²) in [6, 6.07) is 5.39. The zero-order valence-electron chi connectivity index (χ0n) is 16.1. The minimum absolute atomic E-state index is 0.00649. The Bertz CT molecular complexity index is 938. The van der Waals surface area contributed by atoms with Crippen LogP contribution >= 0.6 is 0 Å². The van der Waals surface area contributed by atoms with Gasteiger partial charge in [-0.25, -0.2) is 4.79 Å². The van der Waals surface area contributed by atoms with Crippen LogP contribution in [0.3, 0.4) is 0 Å². The average molecular weight is 428 g/mol. The summed E-state index contributed by atoms with van der Waals surface area (Å²) < 4.78 is 39.6. The van der Waals surface area contributed by atoms with Gasteiger partial charge in [0.25, 0.3) is 5.56 Å². The number of aryl methyl sites for hydroxylation is 1. The molecule has 162 valence electrons. The molecule has 1 saturated carbocycles. The highest BCUT2D eigenvalue weighted by atomic mass is 19.4. The van der Waals surface area contributed by atoms with Crippen molar-refractivity contribution in [3.05, 3.63) is 47.1 Å². The summed E-state index contributed by atoms with van der Waals surface area (Å²) in [5, 5.41) is 12.8. The molecule has 8 nitrogen and oxygen atoms in total. The van der Waals surface area contributed by atoms with Crippen molar-refractivity contribution >= 4 is 11.9 Å². The monoisotopic (exact) mass is 428 g/mol. The van der Waals surface area contributed by atoms with Crippen LogP contribution in [-0.2, 0) is 27.4 Å². The van der Waals surface area contributed by atoms with Crippen molar-refractivity contribution in [1.82, 2.24) is 9.67 Å². The summed E-state index contributed by atoms with van der Waals surface area (Å²) in [4.78, 5) is 32.1. The van der Waals surface area contributed by atoms with Gasteiger partial charge in [-0.3, -0.25) is 9.59 Å². The first kappa shape index (κ1) is 23.0. The largest absolute Gasteiger partial charge is 0.490 e. The van der Waals surface area contributed by atoms with Gasteiger partial charge in [0.15, 0.2) is 12.7 Å². The van der Waals surface area contributed by atoms with Gasteiger partial charge in [0.2, 0.25) is 0 Å². The lowest BCUT2D eigenvalue weighted by atomic mass is 10.1. The number of rotatable bonds is 6. The number of pyridine rings is 1. The van der Waals surface area contributed by atoms with Gasteiger partial charge in [0.05, 0.1) is 7.11 Å². The van der Waals surface area contributed by atoms with E-state index in [1.807, 2.05) is 18.3 Å². The molecule has 1 fully saturated rings. The first-order valence-electron chi connectivity index (χ1n) is 9.03. The summed E-state index contributed by atoms with van der Waals surface area (Å²) in [6.07, 6.45) is 2.83. The Morgan fingerprint density at radius 3 is 2.43 bits per heavy atom. The normalized spacial score (nSPS) is 13.2. The maximum atomic E-state index is 12.1. The standard InChI is InChI=1S/C16H17N3O3.C3H3F3O2/c20-15-9-13(3-6-18(15)11-12-1-2-12)14-4-7-19(17-10-14)8-5-16(21)22;1-8-2(7)3(4,5)6/h3-4,6-7,9-10,12H,1-2,5,8,11H2;1H3/p+1. The lowest BCUT2D eigenvalue weighted by Crippen LogP contribution is -2.38. The molecule has 30 heavy (non-hydrogen) atoms. The Hall–Kier alpha value is -3.24. The number of aromatic nitrogens is 3. The van der Waals surface area contributed by atoms with E-state index in [-0.39, 0.29) is 12.0 Å². The second-order valence-electron chi connectivity index (χ2n) is 6.66. The van der Waals surface area contributed by atoms with Crippen molar-refractivity contribution in [2.75, 3.05) is 7.11 Å². The Labute approximate surface area is 169 Å².